The summed E-state index contributed by atoms with van der Waals surface area (Å²) in [6, 6.07) is 7.00. The first-order valence-electron chi connectivity index (χ1n) is 7.77. The molecule has 1 aliphatic carbocycles. The van der Waals surface area contributed by atoms with Crippen molar-refractivity contribution in [2.45, 2.75) is 64.7 Å². The zero-order valence-corrected chi connectivity index (χ0v) is 12.6. The maximum atomic E-state index is 12.6. The Bertz CT molecular complexity index is 522. The summed E-state index contributed by atoms with van der Waals surface area (Å²) in [5, 5.41) is 3.57. The van der Waals surface area contributed by atoms with Crippen molar-refractivity contribution in [1.29, 1.82) is 0 Å². The van der Waals surface area contributed by atoms with Crippen molar-refractivity contribution < 1.29 is 4.79 Å². The van der Waals surface area contributed by atoms with E-state index < -0.39 is 0 Å². The lowest BCUT2D eigenvalue weighted by Gasteiger charge is -2.25. The van der Waals surface area contributed by atoms with Crippen LogP contribution in [0.2, 0.25) is 0 Å². The van der Waals surface area contributed by atoms with Crippen LogP contribution in [0.5, 0.6) is 0 Å². The highest BCUT2D eigenvalue weighted by molar-refractivity contribution is 5.85. The van der Waals surface area contributed by atoms with Crippen LogP contribution in [0.1, 0.15) is 55.5 Å². The molecule has 2 fully saturated rings. The second-order valence-electron chi connectivity index (χ2n) is 6.25. The number of nitrogens with zero attached hydrogens (tertiary/aromatic N) is 1. The highest BCUT2D eigenvalue weighted by Gasteiger charge is 2.46. The maximum Gasteiger partial charge on any atom is 0.241 e. The minimum atomic E-state index is 0.00584. The van der Waals surface area contributed by atoms with Gasteiger partial charge in [0, 0.05) is 6.04 Å². The van der Waals surface area contributed by atoms with Gasteiger partial charge in [-0.15, -0.1) is 0 Å². The summed E-state index contributed by atoms with van der Waals surface area (Å²) in [7, 11) is 0. The third-order valence-corrected chi connectivity index (χ3v) is 4.43. The molecule has 3 rings (SSSR count). The number of aryl methyl sites for hydroxylation is 2. The summed E-state index contributed by atoms with van der Waals surface area (Å²) in [5.41, 5.74) is 3.81. The standard InChI is InChI=1S/C17H24N2O/c1-4-5-15-17(20)19(13-7-8-13)16(18-15)14-9-6-11(2)10-12(14)3/h6,9-10,13,15-16,18H,4-5,7-8H2,1-3H3. The Hall–Kier alpha value is -1.35. The Morgan fingerprint density at radius 3 is 2.65 bits per heavy atom. The quantitative estimate of drug-likeness (QED) is 0.913. The zero-order valence-electron chi connectivity index (χ0n) is 12.6. The van der Waals surface area contributed by atoms with Gasteiger partial charge in [0.2, 0.25) is 5.91 Å². The van der Waals surface area contributed by atoms with Crippen LogP contribution in [-0.2, 0) is 4.79 Å². The van der Waals surface area contributed by atoms with Crippen molar-refractivity contribution >= 4 is 5.91 Å². The summed E-state index contributed by atoms with van der Waals surface area (Å²) < 4.78 is 0. The highest BCUT2D eigenvalue weighted by Crippen LogP contribution is 2.38. The predicted octanol–water partition coefficient (Wildman–Crippen LogP) is 3.06. The fourth-order valence-corrected chi connectivity index (χ4v) is 3.26. The van der Waals surface area contributed by atoms with E-state index in [2.05, 4.69) is 49.2 Å². The van der Waals surface area contributed by atoms with Gasteiger partial charge >= 0.3 is 0 Å². The maximum absolute atomic E-state index is 12.6. The molecular weight excluding hydrogens is 248 g/mol. The molecule has 3 heteroatoms. The molecule has 1 aromatic rings. The van der Waals surface area contributed by atoms with E-state index in [1.807, 2.05) is 0 Å². The van der Waals surface area contributed by atoms with Crippen molar-refractivity contribution in [3.8, 4) is 0 Å². The Balaban J connectivity index is 1.92. The Morgan fingerprint density at radius 2 is 2.05 bits per heavy atom. The molecular formula is C17H24N2O. The second kappa shape index (κ2) is 5.21. The van der Waals surface area contributed by atoms with Crippen LogP contribution < -0.4 is 5.32 Å². The molecule has 0 radical (unpaired) electrons. The summed E-state index contributed by atoms with van der Waals surface area (Å²) in [6.07, 6.45) is 4.37. The van der Waals surface area contributed by atoms with E-state index >= 15 is 0 Å². The number of rotatable bonds is 4. The van der Waals surface area contributed by atoms with Crippen molar-refractivity contribution in [3.05, 3.63) is 34.9 Å². The van der Waals surface area contributed by atoms with Crippen LogP contribution in [0.15, 0.2) is 18.2 Å². The van der Waals surface area contributed by atoms with Gasteiger partial charge in [-0.2, -0.15) is 0 Å². The second-order valence-corrected chi connectivity index (χ2v) is 6.25. The molecule has 108 valence electrons. The topological polar surface area (TPSA) is 32.3 Å². The van der Waals surface area contributed by atoms with Crippen LogP contribution in [0, 0.1) is 13.8 Å². The number of carbonyl (C=O) groups excluding carboxylic acids is 1. The molecule has 2 unspecified atom stereocenters. The molecule has 1 N–H and O–H groups in total. The Kier molecular flexibility index (Phi) is 3.55. The van der Waals surface area contributed by atoms with E-state index in [-0.39, 0.29) is 12.2 Å². The lowest BCUT2D eigenvalue weighted by atomic mass is 10.0. The van der Waals surface area contributed by atoms with Gasteiger partial charge in [0.25, 0.3) is 0 Å². The van der Waals surface area contributed by atoms with E-state index in [0.717, 1.165) is 25.7 Å². The normalized spacial score (nSPS) is 26.4. The molecule has 3 nitrogen and oxygen atoms in total. The Morgan fingerprint density at radius 1 is 1.30 bits per heavy atom. The molecule has 0 aromatic heterocycles. The minimum Gasteiger partial charge on any atom is -0.319 e. The smallest absolute Gasteiger partial charge is 0.241 e. The number of carbonyl (C=O) groups is 1. The number of amides is 1. The molecule has 0 bridgehead atoms. The van der Waals surface area contributed by atoms with E-state index in [9.17, 15) is 4.79 Å². The van der Waals surface area contributed by atoms with Crippen molar-refractivity contribution in [2.24, 2.45) is 0 Å². The first-order valence-corrected chi connectivity index (χ1v) is 7.77. The Labute approximate surface area is 121 Å². The molecule has 20 heavy (non-hydrogen) atoms. The molecule has 1 amide bonds. The molecule has 2 aliphatic rings. The molecule has 1 heterocycles. The number of benzene rings is 1. The summed E-state index contributed by atoms with van der Waals surface area (Å²) in [6.45, 7) is 6.40. The fraction of sp³-hybridized carbons (Fsp3) is 0.588. The van der Waals surface area contributed by atoms with Crippen LogP contribution in [0.3, 0.4) is 0 Å². The predicted molar refractivity (Wildman–Crippen MR) is 80.4 cm³/mol. The lowest BCUT2D eigenvalue weighted by molar-refractivity contribution is -0.130. The summed E-state index contributed by atoms with van der Waals surface area (Å²) in [5.74, 6) is 0.305. The van der Waals surface area contributed by atoms with Gasteiger partial charge in [0.05, 0.1) is 6.04 Å². The molecule has 1 saturated carbocycles. The van der Waals surface area contributed by atoms with Gasteiger partial charge in [0.1, 0.15) is 6.17 Å². The highest BCUT2D eigenvalue weighted by atomic mass is 16.2. The van der Waals surface area contributed by atoms with Crippen molar-refractivity contribution in [1.82, 2.24) is 10.2 Å². The summed E-state index contributed by atoms with van der Waals surface area (Å²) in [4.78, 5) is 14.7. The average Bonchev–Trinajstić information content (AvgIpc) is 3.17. The van der Waals surface area contributed by atoms with Gasteiger partial charge in [-0.3, -0.25) is 10.1 Å². The van der Waals surface area contributed by atoms with E-state index in [0.29, 0.717) is 11.9 Å². The summed E-state index contributed by atoms with van der Waals surface area (Å²) >= 11 is 0. The third-order valence-electron chi connectivity index (χ3n) is 4.43. The number of hydrogen-bond donors (Lipinski definition) is 1. The van der Waals surface area contributed by atoms with Crippen LogP contribution in [0.4, 0.5) is 0 Å². The SMILES string of the molecule is CCCC1NC(c2ccc(C)cc2C)N(C2CC2)C1=O. The number of hydrogen-bond acceptors (Lipinski definition) is 2. The molecule has 1 saturated heterocycles. The molecule has 0 spiro atoms. The van der Waals surface area contributed by atoms with E-state index in [1.165, 1.54) is 16.7 Å². The van der Waals surface area contributed by atoms with Crippen molar-refractivity contribution in [3.63, 3.8) is 0 Å². The molecule has 1 aromatic carbocycles. The van der Waals surface area contributed by atoms with Crippen LogP contribution in [0.25, 0.3) is 0 Å². The van der Waals surface area contributed by atoms with Gasteiger partial charge in [-0.05, 0) is 44.2 Å². The van der Waals surface area contributed by atoms with Gasteiger partial charge in [-0.1, -0.05) is 37.1 Å². The zero-order chi connectivity index (χ0) is 14.3. The first-order chi connectivity index (χ1) is 9.61. The number of nitrogens with one attached hydrogen (secondary N) is 1. The van der Waals surface area contributed by atoms with Crippen LogP contribution in [-0.4, -0.2) is 22.9 Å². The monoisotopic (exact) mass is 272 g/mol. The fourth-order valence-electron chi connectivity index (χ4n) is 3.26. The van der Waals surface area contributed by atoms with Gasteiger partial charge < -0.3 is 4.90 Å². The largest absolute Gasteiger partial charge is 0.319 e. The molecule has 2 atom stereocenters. The van der Waals surface area contributed by atoms with Gasteiger partial charge in [-0.25, -0.2) is 0 Å². The average molecular weight is 272 g/mol. The first kappa shape index (κ1) is 13.6. The van der Waals surface area contributed by atoms with Crippen molar-refractivity contribution in [2.75, 3.05) is 0 Å². The third kappa shape index (κ3) is 2.35. The van der Waals surface area contributed by atoms with E-state index in [4.69, 9.17) is 0 Å². The van der Waals surface area contributed by atoms with E-state index in [1.54, 1.807) is 0 Å². The minimum absolute atomic E-state index is 0.00584. The van der Waals surface area contributed by atoms with Crippen LogP contribution >= 0.6 is 0 Å². The molecule has 1 aliphatic heterocycles. The van der Waals surface area contributed by atoms with Gasteiger partial charge in [0.15, 0.2) is 0 Å². The lowest BCUT2D eigenvalue weighted by Crippen LogP contribution is -2.33.